The molecule has 2 amide bonds. The van der Waals surface area contributed by atoms with E-state index in [-0.39, 0.29) is 37.8 Å². The number of fused-ring (bicyclic) bond motifs is 1. The van der Waals surface area contributed by atoms with Gasteiger partial charge in [0.2, 0.25) is 0 Å². The smallest absolute Gasteiger partial charge is 0.268 e. The first-order valence-electron chi connectivity index (χ1n) is 9.73. The Kier molecular flexibility index (Phi) is 5.14. The average Bonchev–Trinajstić information content (AvgIpc) is 3.24. The van der Waals surface area contributed by atoms with Crippen molar-refractivity contribution in [2.75, 3.05) is 9.62 Å². The summed E-state index contributed by atoms with van der Waals surface area (Å²) in [5.74, 6) is -1.32. The average molecular weight is 473 g/mol. The summed E-state index contributed by atoms with van der Waals surface area (Å²) in [6, 6.07) is 9.28. The Morgan fingerprint density at radius 1 is 0.969 bits per heavy atom. The van der Waals surface area contributed by atoms with E-state index in [1.807, 2.05) is 20.8 Å². The van der Waals surface area contributed by atoms with E-state index >= 15 is 0 Å². The van der Waals surface area contributed by atoms with Gasteiger partial charge in [0.05, 0.1) is 38.6 Å². The number of carbonyl (C=O) groups is 2. The zero-order valence-electron chi connectivity index (χ0n) is 17.9. The van der Waals surface area contributed by atoms with Crippen LogP contribution in [0.3, 0.4) is 0 Å². The summed E-state index contributed by atoms with van der Waals surface area (Å²) in [4.78, 5) is 27.1. The maximum absolute atomic E-state index is 13.1. The van der Waals surface area contributed by atoms with Crippen molar-refractivity contribution in [3.05, 3.63) is 70.5 Å². The molecule has 1 aliphatic rings. The third kappa shape index (κ3) is 3.67. The van der Waals surface area contributed by atoms with Crippen molar-refractivity contribution < 1.29 is 18.0 Å². The summed E-state index contributed by atoms with van der Waals surface area (Å²) in [5, 5.41) is 4.04. The number of amides is 2. The number of sulfonamides is 1. The Morgan fingerprint density at radius 3 is 2.16 bits per heavy atom. The SMILES string of the molecule is Cn1cc(N2C(=O)c3c(Cl)ccc(NS(=O)(=O)c4ccc(C(C)(C)C)cc4)c3C2=O)cn1. The van der Waals surface area contributed by atoms with Crippen LogP contribution >= 0.6 is 11.6 Å². The van der Waals surface area contributed by atoms with Crippen LogP contribution in [-0.4, -0.2) is 30.0 Å². The summed E-state index contributed by atoms with van der Waals surface area (Å²) in [6.07, 6.45) is 2.88. The first-order valence-corrected chi connectivity index (χ1v) is 11.6. The Balaban J connectivity index is 1.73. The lowest BCUT2D eigenvalue weighted by Gasteiger charge is -2.19. The topological polar surface area (TPSA) is 101 Å². The molecule has 2 heterocycles. The van der Waals surface area contributed by atoms with Crippen molar-refractivity contribution in [3.63, 3.8) is 0 Å². The van der Waals surface area contributed by atoms with Gasteiger partial charge in [-0.05, 0) is 35.2 Å². The molecule has 1 N–H and O–H groups in total. The molecule has 166 valence electrons. The Hall–Kier alpha value is -3.17. The van der Waals surface area contributed by atoms with Crippen LogP contribution < -0.4 is 9.62 Å². The highest BCUT2D eigenvalue weighted by atomic mass is 35.5. The molecular weight excluding hydrogens is 452 g/mol. The maximum atomic E-state index is 13.1. The fourth-order valence-corrected chi connectivity index (χ4v) is 4.82. The number of imide groups is 1. The Bertz CT molecular complexity index is 1360. The number of aromatic nitrogens is 2. The molecule has 0 saturated heterocycles. The van der Waals surface area contributed by atoms with Crippen molar-refractivity contribution in [1.82, 2.24) is 9.78 Å². The van der Waals surface area contributed by atoms with E-state index in [0.717, 1.165) is 10.5 Å². The van der Waals surface area contributed by atoms with E-state index in [4.69, 9.17) is 11.6 Å². The number of hydrogen-bond donors (Lipinski definition) is 1. The van der Waals surface area contributed by atoms with E-state index < -0.39 is 21.8 Å². The molecule has 4 rings (SSSR count). The highest BCUT2D eigenvalue weighted by molar-refractivity contribution is 7.92. The summed E-state index contributed by atoms with van der Waals surface area (Å²) in [5.41, 5.74) is 0.951. The van der Waals surface area contributed by atoms with Gasteiger partial charge in [-0.25, -0.2) is 13.3 Å². The molecular formula is C22H21ClN4O4S. The van der Waals surface area contributed by atoms with Crippen molar-refractivity contribution in [3.8, 4) is 0 Å². The molecule has 0 atom stereocenters. The van der Waals surface area contributed by atoms with Crippen LogP contribution in [0.1, 0.15) is 47.1 Å². The summed E-state index contributed by atoms with van der Waals surface area (Å²) < 4.78 is 29.9. The van der Waals surface area contributed by atoms with E-state index in [1.54, 1.807) is 19.2 Å². The molecule has 0 fully saturated rings. The van der Waals surface area contributed by atoms with Crippen molar-refractivity contribution in [2.24, 2.45) is 7.05 Å². The van der Waals surface area contributed by atoms with Gasteiger partial charge in [-0.3, -0.25) is 19.0 Å². The minimum Gasteiger partial charge on any atom is -0.279 e. The molecule has 32 heavy (non-hydrogen) atoms. The minimum absolute atomic E-state index is 0.0194. The van der Waals surface area contributed by atoms with Crippen LogP contribution in [0.5, 0.6) is 0 Å². The zero-order valence-corrected chi connectivity index (χ0v) is 19.5. The van der Waals surface area contributed by atoms with Crippen molar-refractivity contribution in [2.45, 2.75) is 31.1 Å². The zero-order chi connectivity index (χ0) is 23.4. The van der Waals surface area contributed by atoms with Gasteiger partial charge in [0.1, 0.15) is 0 Å². The highest BCUT2D eigenvalue weighted by Crippen LogP contribution is 2.37. The summed E-state index contributed by atoms with van der Waals surface area (Å²) in [7, 11) is -2.37. The van der Waals surface area contributed by atoms with Crippen molar-refractivity contribution >= 4 is 44.8 Å². The molecule has 10 heteroatoms. The second kappa shape index (κ2) is 7.46. The van der Waals surface area contributed by atoms with Crippen LogP contribution in [0.4, 0.5) is 11.4 Å². The Labute approximate surface area is 190 Å². The number of halogens is 1. The molecule has 2 aromatic carbocycles. The number of aryl methyl sites for hydroxylation is 1. The molecule has 1 aromatic heterocycles. The molecule has 8 nitrogen and oxygen atoms in total. The predicted molar refractivity (Wildman–Crippen MR) is 122 cm³/mol. The van der Waals surface area contributed by atoms with Gasteiger partial charge in [0.25, 0.3) is 21.8 Å². The molecule has 3 aromatic rings. The lowest BCUT2D eigenvalue weighted by atomic mass is 9.87. The Morgan fingerprint density at radius 2 is 1.59 bits per heavy atom. The van der Waals surface area contributed by atoms with Crippen LogP contribution in [0.15, 0.2) is 53.7 Å². The largest absolute Gasteiger partial charge is 0.279 e. The molecule has 0 radical (unpaired) electrons. The fourth-order valence-electron chi connectivity index (χ4n) is 3.51. The maximum Gasteiger partial charge on any atom is 0.268 e. The molecule has 0 aliphatic carbocycles. The first kappa shape index (κ1) is 22.0. The molecule has 0 unspecified atom stereocenters. The third-order valence-electron chi connectivity index (χ3n) is 5.21. The lowest BCUT2D eigenvalue weighted by Crippen LogP contribution is -2.29. The normalized spacial score (nSPS) is 14.1. The second-order valence-electron chi connectivity index (χ2n) is 8.54. The molecule has 1 aliphatic heterocycles. The van der Waals surface area contributed by atoms with E-state index in [0.29, 0.717) is 0 Å². The quantitative estimate of drug-likeness (QED) is 0.579. The highest BCUT2D eigenvalue weighted by Gasteiger charge is 2.41. The lowest BCUT2D eigenvalue weighted by molar-refractivity contribution is 0.0926. The standard InChI is InChI=1S/C22H21ClN4O4S/c1-22(2,3)13-5-7-15(8-6-13)32(30,31)25-17-10-9-16(23)18-19(17)21(29)27(20(18)28)14-11-24-26(4)12-14/h5-12,25H,1-4H3. The monoisotopic (exact) mass is 472 g/mol. The summed E-state index contributed by atoms with van der Waals surface area (Å²) in [6.45, 7) is 6.09. The van der Waals surface area contributed by atoms with E-state index in [1.165, 1.54) is 41.3 Å². The fraction of sp³-hybridized carbons (Fsp3) is 0.227. The molecule has 0 saturated carbocycles. The number of nitrogens with one attached hydrogen (secondary N) is 1. The number of anilines is 2. The number of benzene rings is 2. The van der Waals surface area contributed by atoms with Crippen LogP contribution in [0.2, 0.25) is 5.02 Å². The molecule has 0 bridgehead atoms. The van der Waals surface area contributed by atoms with Gasteiger partial charge >= 0.3 is 0 Å². The van der Waals surface area contributed by atoms with Crippen LogP contribution in [0, 0.1) is 0 Å². The first-order chi connectivity index (χ1) is 14.9. The van der Waals surface area contributed by atoms with Gasteiger partial charge in [0, 0.05) is 13.2 Å². The number of rotatable bonds is 4. The van der Waals surface area contributed by atoms with Crippen molar-refractivity contribution in [1.29, 1.82) is 0 Å². The van der Waals surface area contributed by atoms with Gasteiger partial charge < -0.3 is 0 Å². The van der Waals surface area contributed by atoms with Crippen LogP contribution in [-0.2, 0) is 22.5 Å². The number of carbonyl (C=O) groups excluding carboxylic acids is 2. The van der Waals surface area contributed by atoms with E-state index in [2.05, 4.69) is 9.82 Å². The number of nitrogens with zero attached hydrogens (tertiary/aromatic N) is 3. The molecule has 0 spiro atoms. The second-order valence-corrected chi connectivity index (χ2v) is 10.6. The van der Waals surface area contributed by atoms with Crippen LogP contribution in [0.25, 0.3) is 0 Å². The third-order valence-corrected chi connectivity index (χ3v) is 6.91. The minimum atomic E-state index is -4.02. The van der Waals surface area contributed by atoms with Gasteiger partial charge in [0.15, 0.2) is 0 Å². The summed E-state index contributed by atoms with van der Waals surface area (Å²) >= 11 is 6.21. The van der Waals surface area contributed by atoms with E-state index in [9.17, 15) is 18.0 Å². The van der Waals surface area contributed by atoms with Gasteiger partial charge in [-0.2, -0.15) is 5.10 Å². The van der Waals surface area contributed by atoms with Gasteiger partial charge in [-0.1, -0.05) is 44.5 Å². The predicted octanol–water partition coefficient (Wildman–Crippen LogP) is 3.97. The van der Waals surface area contributed by atoms with Gasteiger partial charge in [-0.15, -0.1) is 0 Å². The number of hydrogen-bond acceptors (Lipinski definition) is 5.